The third-order valence-corrected chi connectivity index (χ3v) is 1.62. The van der Waals surface area contributed by atoms with Gasteiger partial charge in [0, 0.05) is 0 Å². The van der Waals surface area contributed by atoms with Crippen LogP contribution in [0.25, 0.3) is 0 Å². The summed E-state index contributed by atoms with van der Waals surface area (Å²) in [4.78, 5) is 22.5. The lowest BCUT2D eigenvalue weighted by Crippen LogP contribution is -2.29. The maximum Gasteiger partial charge on any atom is 0.381 e. The lowest BCUT2D eigenvalue weighted by atomic mass is 10.3. The van der Waals surface area contributed by atoms with E-state index in [0.29, 0.717) is 5.57 Å². The molecule has 0 aliphatic heterocycles. The Morgan fingerprint density at radius 2 is 2.00 bits per heavy atom. The topological polar surface area (TPSA) is 93.1 Å². The Balaban J connectivity index is 4.60. The summed E-state index contributed by atoms with van der Waals surface area (Å²) in [6, 6.07) is 0. The molecule has 6 nitrogen and oxygen atoms in total. The first kappa shape index (κ1) is 15.3. The SMILES string of the molecule is C=CCOC(C(=O)OC(=O)C(O)CO)=C(C)C. The number of hydrogen-bond donors (Lipinski definition) is 2. The molecule has 0 saturated carbocycles. The summed E-state index contributed by atoms with van der Waals surface area (Å²) in [5, 5.41) is 17.4. The summed E-state index contributed by atoms with van der Waals surface area (Å²) >= 11 is 0. The van der Waals surface area contributed by atoms with Gasteiger partial charge in [-0.2, -0.15) is 0 Å². The standard InChI is InChI=1S/C11H16O6/c1-4-5-16-9(7(2)3)11(15)17-10(14)8(13)6-12/h4,8,12-13H,1,5-6H2,2-3H3. The van der Waals surface area contributed by atoms with Gasteiger partial charge in [0.1, 0.15) is 6.61 Å². The summed E-state index contributed by atoms with van der Waals surface area (Å²) in [6.07, 6.45) is -0.308. The molecule has 0 aliphatic rings. The van der Waals surface area contributed by atoms with Crippen LogP contribution in [0.5, 0.6) is 0 Å². The van der Waals surface area contributed by atoms with Crippen molar-refractivity contribution < 1.29 is 29.3 Å². The van der Waals surface area contributed by atoms with Gasteiger partial charge in [-0.25, -0.2) is 9.59 Å². The summed E-state index contributed by atoms with van der Waals surface area (Å²) in [6.45, 7) is 5.90. The van der Waals surface area contributed by atoms with Crippen LogP contribution in [0.2, 0.25) is 0 Å². The second-order valence-corrected chi connectivity index (χ2v) is 3.34. The van der Waals surface area contributed by atoms with E-state index in [2.05, 4.69) is 11.3 Å². The average Bonchev–Trinajstić information content (AvgIpc) is 2.27. The van der Waals surface area contributed by atoms with E-state index in [4.69, 9.17) is 14.9 Å². The first-order valence-electron chi connectivity index (χ1n) is 4.90. The summed E-state index contributed by atoms with van der Waals surface area (Å²) in [5.74, 6) is -2.36. The van der Waals surface area contributed by atoms with E-state index in [1.165, 1.54) is 6.08 Å². The zero-order valence-electron chi connectivity index (χ0n) is 9.80. The molecule has 0 spiro atoms. The van der Waals surface area contributed by atoms with E-state index >= 15 is 0 Å². The maximum absolute atomic E-state index is 11.5. The number of carbonyl (C=O) groups excluding carboxylic acids is 2. The summed E-state index contributed by atoms with van der Waals surface area (Å²) in [7, 11) is 0. The molecule has 0 saturated heterocycles. The van der Waals surface area contributed by atoms with Gasteiger partial charge < -0.3 is 19.7 Å². The Morgan fingerprint density at radius 3 is 2.41 bits per heavy atom. The molecule has 0 aromatic carbocycles. The number of rotatable bonds is 6. The highest BCUT2D eigenvalue weighted by atomic mass is 16.6. The lowest BCUT2D eigenvalue weighted by Gasteiger charge is -2.10. The molecule has 0 bridgehead atoms. The normalized spacial score (nSPS) is 11.3. The van der Waals surface area contributed by atoms with Gasteiger partial charge >= 0.3 is 11.9 Å². The zero-order valence-corrected chi connectivity index (χ0v) is 9.80. The monoisotopic (exact) mass is 244 g/mol. The lowest BCUT2D eigenvalue weighted by molar-refractivity contribution is -0.166. The maximum atomic E-state index is 11.5. The van der Waals surface area contributed by atoms with Crippen LogP contribution in [-0.4, -0.2) is 41.5 Å². The molecule has 0 amide bonds. The Labute approximate surface area is 99.1 Å². The molecular weight excluding hydrogens is 228 g/mol. The van der Waals surface area contributed by atoms with Crippen LogP contribution in [0.3, 0.4) is 0 Å². The number of aliphatic hydroxyl groups is 2. The summed E-state index contributed by atoms with van der Waals surface area (Å²) < 4.78 is 9.34. The fourth-order valence-corrected chi connectivity index (χ4v) is 0.830. The molecule has 6 heteroatoms. The quantitative estimate of drug-likeness (QED) is 0.223. The predicted octanol–water partition coefficient (Wildman–Crippen LogP) is -0.0941. The molecule has 0 rings (SSSR count). The minimum Gasteiger partial charge on any atom is -0.482 e. The Morgan fingerprint density at radius 1 is 1.41 bits per heavy atom. The number of esters is 2. The first-order valence-corrected chi connectivity index (χ1v) is 4.90. The van der Waals surface area contributed by atoms with Crippen LogP contribution < -0.4 is 0 Å². The molecule has 2 N–H and O–H groups in total. The molecule has 1 atom stereocenters. The molecule has 96 valence electrons. The Bertz CT molecular complexity index is 327. The van der Waals surface area contributed by atoms with E-state index in [1.54, 1.807) is 13.8 Å². The number of allylic oxidation sites excluding steroid dienone is 1. The van der Waals surface area contributed by atoms with Crippen LogP contribution in [0, 0.1) is 0 Å². The average molecular weight is 244 g/mol. The van der Waals surface area contributed by atoms with Crippen molar-refractivity contribution in [3.8, 4) is 0 Å². The molecule has 0 heterocycles. The highest BCUT2D eigenvalue weighted by Gasteiger charge is 2.23. The summed E-state index contributed by atoms with van der Waals surface area (Å²) in [5.41, 5.74) is 0.517. The van der Waals surface area contributed by atoms with E-state index in [-0.39, 0.29) is 12.4 Å². The van der Waals surface area contributed by atoms with Gasteiger partial charge in [-0.05, 0) is 19.4 Å². The second kappa shape index (κ2) is 7.59. The largest absolute Gasteiger partial charge is 0.482 e. The smallest absolute Gasteiger partial charge is 0.381 e. The van der Waals surface area contributed by atoms with Crippen LogP contribution in [0.15, 0.2) is 24.0 Å². The van der Waals surface area contributed by atoms with Crippen molar-refractivity contribution in [3.05, 3.63) is 24.0 Å². The van der Waals surface area contributed by atoms with Crippen molar-refractivity contribution >= 4 is 11.9 Å². The molecule has 0 fully saturated rings. The van der Waals surface area contributed by atoms with Crippen molar-refractivity contribution in [1.29, 1.82) is 0 Å². The van der Waals surface area contributed by atoms with Gasteiger partial charge in [-0.3, -0.25) is 0 Å². The molecule has 0 radical (unpaired) electrons. The zero-order chi connectivity index (χ0) is 13.4. The van der Waals surface area contributed by atoms with Gasteiger partial charge in [-0.15, -0.1) is 0 Å². The minimum absolute atomic E-state index is 0.0896. The fraction of sp³-hybridized carbons (Fsp3) is 0.455. The predicted molar refractivity (Wildman–Crippen MR) is 58.7 cm³/mol. The van der Waals surface area contributed by atoms with Gasteiger partial charge in [0.05, 0.1) is 6.61 Å². The van der Waals surface area contributed by atoms with E-state index in [0.717, 1.165) is 0 Å². The van der Waals surface area contributed by atoms with E-state index in [1.807, 2.05) is 0 Å². The Kier molecular flexibility index (Phi) is 6.85. The number of aliphatic hydroxyl groups excluding tert-OH is 2. The minimum atomic E-state index is -1.74. The molecule has 1 unspecified atom stereocenters. The van der Waals surface area contributed by atoms with Crippen molar-refractivity contribution in [2.75, 3.05) is 13.2 Å². The molecule has 0 aliphatic carbocycles. The van der Waals surface area contributed by atoms with Crippen LogP contribution in [-0.2, 0) is 19.1 Å². The highest BCUT2D eigenvalue weighted by molar-refractivity contribution is 5.96. The molecule has 0 aromatic rings. The van der Waals surface area contributed by atoms with Crippen molar-refractivity contribution in [3.63, 3.8) is 0 Å². The van der Waals surface area contributed by atoms with Crippen molar-refractivity contribution in [1.82, 2.24) is 0 Å². The van der Waals surface area contributed by atoms with E-state index in [9.17, 15) is 9.59 Å². The molecule has 0 aromatic heterocycles. The van der Waals surface area contributed by atoms with Crippen LogP contribution in [0.4, 0.5) is 0 Å². The van der Waals surface area contributed by atoms with Crippen LogP contribution >= 0.6 is 0 Å². The third kappa shape index (κ3) is 5.28. The highest BCUT2D eigenvalue weighted by Crippen LogP contribution is 2.08. The second-order valence-electron chi connectivity index (χ2n) is 3.34. The van der Waals surface area contributed by atoms with Gasteiger partial charge in [-0.1, -0.05) is 12.7 Å². The van der Waals surface area contributed by atoms with Gasteiger partial charge in [0.15, 0.2) is 6.10 Å². The van der Waals surface area contributed by atoms with Crippen molar-refractivity contribution in [2.45, 2.75) is 20.0 Å². The van der Waals surface area contributed by atoms with Crippen molar-refractivity contribution in [2.24, 2.45) is 0 Å². The van der Waals surface area contributed by atoms with Gasteiger partial charge in [0.25, 0.3) is 0 Å². The first-order chi connectivity index (χ1) is 7.93. The number of carbonyl (C=O) groups is 2. The number of hydrogen-bond acceptors (Lipinski definition) is 6. The molecular formula is C11H16O6. The van der Waals surface area contributed by atoms with Crippen LogP contribution in [0.1, 0.15) is 13.8 Å². The number of ether oxygens (including phenoxy) is 2. The fourth-order valence-electron chi connectivity index (χ4n) is 0.830. The van der Waals surface area contributed by atoms with Gasteiger partial charge in [0.2, 0.25) is 5.76 Å². The van der Waals surface area contributed by atoms with E-state index < -0.39 is 24.6 Å². The third-order valence-electron chi connectivity index (χ3n) is 1.62. The molecule has 17 heavy (non-hydrogen) atoms. The Hall–Kier alpha value is -1.66.